The molecule has 1 heterocycles. The summed E-state index contributed by atoms with van der Waals surface area (Å²) in [5, 5.41) is 10.8. The Bertz CT molecular complexity index is 805. The van der Waals surface area contributed by atoms with Crippen LogP contribution in [0.25, 0.3) is 0 Å². The van der Waals surface area contributed by atoms with Gasteiger partial charge in [-0.3, -0.25) is 14.9 Å². The highest BCUT2D eigenvalue weighted by molar-refractivity contribution is 9.10. The predicted octanol–water partition coefficient (Wildman–Crippen LogP) is 4.37. The molecule has 4 aliphatic carbocycles. The number of hydrogen-bond donors (Lipinski definition) is 0. The largest absolute Gasteiger partial charge is 0.368 e. The molecule has 1 aromatic rings. The molecule has 0 spiro atoms. The van der Waals surface area contributed by atoms with Crippen LogP contribution in [0.1, 0.15) is 44.9 Å². The lowest BCUT2D eigenvalue weighted by Crippen LogP contribution is -2.55. The number of halogens is 1. The Morgan fingerprint density at radius 1 is 1.07 bits per heavy atom. The van der Waals surface area contributed by atoms with Crippen molar-refractivity contribution in [3.05, 3.63) is 34.4 Å². The number of nitro groups is 1. The van der Waals surface area contributed by atoms with E-state index in [1.165, 1.54) is 38.5 Å². The van der Waals surface area contributed by atoms with Crippen molar-refractivity contribution in [2.24, 2.45) is 17.3 Å². The first-order chi connectivity index (χ1) is 13.8. The molecule has 2 atom stereocenters. The van der Waals surface area contributed by atoms with E-state index < -0.39 is 0 Å². The van der Waals surface area contributed by atoms with Crippen LogP contribution in [0.5, 0.6) is 0 Å². The van der Waals surface area contributed by atoms with E-state index in [0.717, 1.165) is 43.7 Å². The molecule has 5 fully saturated rings. The number of non-ortho nitro benzene ring substituents is 1. The number of piperazine rings is 1. The molecular formula is C22H28BrN3O3. The Balaban J connectivity index is 1.19. The number of hydrogen-bond acceptors (Lipinski definition) is 4. The van der Waals surface area contributed by atoms with Crippen LogP contribution >= 0.6 is 15.9 Å². The lowest BCUT2D eigenvalue weighted by molar-refractivity contribution is -0.384. The molecule has 0 radical (unpaired) electrons. The van der Waals surface area contributed by atoms with Gasteiger partial charge in [0.25, 0.3) is 5.69 Å². The topological polar surface area (TPSA) is 66.7 Å². The fourth-order valence-electron chi connectivity index (χ4n) is 6.97. The molecule has 4 bridgehead atoms. The van der Waals surface area contributed by atoms with E-state index in [9.17, 15) is 14.9 Å². The quantitative estimate of drug-likeness (QED) is 0.379. The number of anilines is 1. The standard InChI is InChI=1S/C22H28BrN3O3/c23-22-12-16-9-17(13-22)11-21(10-16,15-22)14-20(27)25-7-5-24(6-8-25)18-1-3-19(4-2-18)26(28)29/h1-4,16-17H,5-15H2. The van der Waals surface area contributed by atoms with E-state index in [1.54, 1.807) is 24.3 Å². The minimum atomic E-state index is -0.373. The van der Waals surface area contributed by atoms with Gasteiger partial charge < -0.3 is 9.80 Å². The van der Waals surface area contributed by atoms with Gasteiger partial charge >= 0.3 is 0 Å². The second-order valence-electron chi connectivity index (χ2n) is 9.93. The average Bonchev–Trinajstić information content (AvgIpc) is 2.66. The highest BCUT2D eigenvalue weighted by atomic mass is 79.9. The second-order valence-corrected chi connectivity index (χ2v) is 11.6. The van der Waals surface area contributed by atoms with Crippen molar-refractivity contribution in [1.29, 1.82) is 0 Å². The van der Waals surface area contributed by atoms with Gasteiger partial charge in [0, 0.05) is 54.7 Å². The molecule has 1 aliphatic heterocycles. The molecule has 6 rings (SSSR count). The Morgan fingerprint density at radius 3 is 2.24 bits per heavy atom. The summed E-state index contributed by atoms with van der Waals surface area (Å²) >= 11 is 4.05. The SMILES string of the molecule is O=C(CC12CC3CC(CC(Br)(C3)C1)C2)N1CCN(c2ccc([N+](=O)[O-])cc2)CC1. The summed E-state index contributed by atoms with van der Waals surface area (Å²) < 4.78 is 0.298. The van der Waals surface area contributed by atoms with Crippen molar-refractivity contribution in [2.75, 3.05) is 31.1 Å². The lowest BCUT2D eigenvalue weighted by Gasteiger charge is -2.60. The number of amides is 1. The van der Waals surface area contributed by atoms with Crippen LogP contribution in [0, 0.1) is 27.4 Å². The minimum Gasteiger partial charge on any atom is -0.368 e. The normalized spacial score (nSPS) is 35.8. The summed E-state index contributed by atoms with van der Waals surface area (Å²) in [6, 6.07) is 6.72. The Kier molecular flexibility index (Phi) is 4.64. The first kappa shape index (κ1) is 19.3. The summed E-state index contributed by atoms with van der Waals surface area (Å²) in [5.74, 6) is 1.94. The number of alkyl halides is 1. The third kappa shape index (κ3) is 3.66. The maximum Gasteiger partial charge on any atom is 0.269 e. The van der Waals surface area contributed by atoms with Crippen LogP contribution in [0.2, 0.25) is 0 Å². The van der Waals surface area contributed by atoms with Crippen LogP contribution in [0.4, 0.5) is 11.4 Å². The average molecular weight is 462 g/mol. The van der Waals surface area contributed by atoms with Crippen molar-refractivity contribution < 1.29 is 9.72 Å². The van der Waals surface area contributed by atoms with Crippen molar-refractivity contribution in [3.8, 4) is 0 Å². The first-order valence-electron chi connectivity index (χ1n) is 10.8. The summed E-state index contributed by atoms with van der Waals surface area (Å²) in [6.07, 6.45) is 8.33. The zero-order valence-corrected chi connectivity index (χ0v) is 18.3. The number of nitrogens with zero attached hydrogens (tertiary/aromatic N) is 3. The van der Waals surface area contributed by atoms with Gasteiger partial charge in [0.2, 0.25) is 5.91 Å². The van der Waals surface area contributed by atoms with Crippen LogP contribution < -0.4 is 4.90 Å². The maximum atomic E-state index is 13.2. The van der Waals surface area contributed by atoms with E-state index in [2.05, 4.69) is 20.8 Å². The van der Waals surface area contributed by atoms with Gasteiger partial charge in [0.15, 0.2) is 0 Å². The zero-order valence-electron chi connectivity index (χ0n) is 16.7. The van der Waals surface area contributed by atoms with Gasteiger partial charge in [0.05, 0.1) is 4.92 Å². The lowest BCUT2D eigenvalue weighted by atomic mass is 9.48. The zero-order chi connectivity index (χ0) is 20.2. The molecule has 29 heavy (non-hydrogen) atoms. The van der Waals surface area contributed by atoms with Crippen LogP contribution in [-0.2, 0) is 4.79 Å². The van der Waals surface area contributed by atoms with Crippen LogP contribution in [0.3, 0.4) is 0 Å². The highest BCUT2D eigenvalue weighted by Gasteiger charge is 2.57. The van der Waals surface area contributed by atoms with Crippen LogP contribution in [0.15, 0.2) is 24.3 Å². The first-order valence-corrected chi connectivity index (χ1v) is 11.6. The number of benzene rings is 1. The number of carbonyl (C=O) groups is 1. The van der Waals surface area contributed by atoms with Crippen molar-refractivity contribution in [3.63, 3.8) is 0 Å². The molecule has 7 heteroatoms. The molecule has 0 N–H and O–H groups in total. The molecule has 6 nitrogen and oxygen atoms in total. The summed E-state index contributed by atoms with van der Waals surface area (Å²) in [5.41, 5.74) is 1.33. The molecule has 1 amide bonds. The molecule has 156 valence electrons. The van der Waals surface area contributed by atoms with Crippen molar-refractivity contribution in [2.45, 2.75) is 49.3 Å². The molecule has 1 saturated heterocycles. The van der Waals surface area contributed by atoms with Crippen molar-refractivity contribution >= 4 is 33.2 Å². The molecule has 1 aromatic carbocycles. The van der Waals surface area contributed by atoms with Crippen LogP contribution in [-0.4, -0.2) is 46.2 Å². The maximum absolute atomic E-state index is 13.2. The number of rotatable bonds is 4. The Labute approximate surface area is 179 Å². The molecule has 5 aliphatic rings. The van der Waals surface area contributed by atoms with E-state index in [4.69, 9.17) is 0 Å². The van der Waals surface area contributed by atoms with Gasteiger partial charge in [0.1, 0.15) is 0 Å². The van der Waals surface area contributed by atoms with E-state index in [1.807, 2.05) is 4.90 Å². The number of carbonyl (C=O) groups excluding carboxylic acids is 1. The highest BCUT2D eigenvalue weighted by Crippen LogP contribution is 2.65. The molecule has 2 unspecified atom stereocenters. The summed E-state index contributed by atoms with van der Waals surface area (Å²) in [7, 11) is 0. The van der Waals surface area contributed by atoms with Gasteiger partial charge in [-0.2, -0.15) is 0 Å². The predicted molar refractivity (Wildman–Crippen MR) is 115 cm³/mol. The van der Waals surface area contributed by atoms with E-state index in [-0.39, 0.29) is 16.0 Å². The van der Waals surface area contributed by atoms with Gasteiger partial charge in [-0.1, -0.05) is 15.9 Å². The number of nitro benzene ring substituents is 1. The van der Waals surface area contributed by atoms with E-state index >= 15 is 0 Å². The van der Waals surface area contributed by atoms with Crippen molar-refractivity contribution in [1.82, 2.24) is 4.90 Å². The summed E-state index contributed by atoms with van der Waals surface area (Å²) in [6.45, 7) is 3.03. The van der Waals surface area contributed by atoms with Gasteiger partial charge in [-0.15, -0.1) is 0 Å². The third-order valence-electron chi connectivity index (χ3n) is 7.70. The third-order valence-corrected chi connectivity index (χ3v) is 8.62. The molecule has 0 aromatic heterocycles. The Hall–Kier alpha value is -1.63. The smallest absolute Gasteiger partial charge is 0.269 e. The second kappa shape index (κ2) is 6.96. The monoisotopic (exact) mass is 461 g/mol. The minimum absolute atomic E-state index is 0.114. The van der Waals surface area contributed by atoms with Gasteiger partial charge in [-0.25, -0.2) is 0 Å². The van der Waals surface area contributed by atoms with E-state index in [0.29, 0.717) is 16.7 Å². The molecule has 4 saturated carbocycles. The fraction of sp³-hybridized carbons (Fsp3) is 0.682. The Morgan fingerprint density at radius 2 is 1.69 bits per heavy atom. The molecular weight excluding hydrogens is 434 g/mol. The summed E-state index contributed by atoms with van der Waals surface area (Å²) in [4.78, 5) is 27.9. The van der Waals surface area contributed by atoms with Gasteiger partial charge in [-0.05, 0) is 67.9 Å². The fourth-order valence-corrected chi connectivity index (χ4v) is 8.49.